The molecule has 1 amide bonds. The lowest BCUT2D eigenvalue weighted by atomic mass is 9.94. The molecule has 32 heavy (non-hydrogen) atoms. The molecule has 166 valence electrons. The maximum atomic E-state index is 13.2. The van der Waals surface area contributed by atoms with Crippen LogP contribution in [-0.2, 0) is 6.61 Å². The molecule has 0 saturated carbocycles. The molecule has 1 aliphatic rings. The summed E-state index contributed by atoms with van der Waals surface area (Å²) in [4.78, 5) is 26.5. The fourth-order valence-electron chi connectivity index (χ4n) is 3.94. The molecule has 1 aromatic heterocycles. The topological polar surface area (TPSA) is 81.9 Å². The van der Waals surface area contributed by atoms with Crippen molar-refractivity contribution in [1.29, 1.82) is 0 Å². The minimum atomic E-state index is -0.154. The van der Waals surface area contributed by atoms with Gasteiger partial charge in [-0.05, 0) is 68.1 Å². The molecule has 1 fully saturated rings. The summed E-state index contributed by atoms with van der Waals surface area (Å²) in [6.07, 6.45) is 2.91. The van der Waals surface area contributed by atoms with Gasteiger partial charge in [-0.15, -0.1) is 0 Å². The predicted molar refractivity (Wildman–Crippen MR) is 118 cm³/mol. The number of rotatable bonds is 7. The van der Waals surface area contributed by atoms with Crippen LogP contribution in [0.5, 0.6) is 11.5 Å². The Morgan fingerprint density at radius 3 is 2.66 bits per heavy atom. The Labute approximate surface area is 186 Å². The van der Waals surface area contributed by atoms with Crippen molar-refractivity contribution in [2.24, 2.45) is 0 Å². The van der Waals surface area contributed by atoms with Crippen molar-refractivity contribution in [2.75, 3.05) is 13.7 Å². The highest BCUT2D eigenvalue weighted by Gasteiger charge is 2.30. The summed E-state index contributed by atoms with van der Waals surface area (Å²) in [5.74, 6) is 1.68. The number of nitrogens with zero attached hydrogens (tertiary/aromatic N) is 2. The number of hydrogen-bond donors (Lipinski definition) is 0. The number of hydrogen-bond acceptors (Lipinski definition) is 6. The van der Waals surface area contributed by atoms with Gasteiger partial charge in [0.2, 0.25) is 0 Å². The smallest absolute Gasteiger partial charge is 0.276 e. The number of methoxy groups -OCH3 is 1. The van der Waals surface area contributed by atoms with Gasteiger partial charge in [-0.2, -0.15) is 0 Å². The maximum Gasteiger partial charge on any atom is 0.276 e. The van der Waals surface area contributed by atoms with Gasteiger partial charge in [0.15, 0.2) is 17.2 Å². The molecule has 4 rings (SSSR count). The standard InChI is InChI=1S/C25H26N2O5/c1-17(28)18-9-11-20(12-10-18)31-16-22-15-23(26-32-22)25(29)27-13-4-3-8-24(27)19-6-5-7-21(14-19)30-2/h5-7,9-12,14-15,24H,3-4,8,13,16H2,1-2H3. The lowest BCUT2D eigenvalue weighted by Gasteiger charge is -2.35. The first-order chi connectivity index (χ1) is 15.5. The Morgan fingerprint density at radius 1 is 1.09 bits per heavy atom. The monoisotopic (exact) mass is 434 g/mol. The number of benzene rings is 2. The highest BCUT2D eigenvalue weighted by Crippen LogP contribution is 2.33. The van der Waals surface area contributed by atoms with Crippen LogP contribution in [0.25, 0.3) is 0 Å². The van der Waals surface area contributed by atoms with Crippen LogP contribution in [0.3, 0.4) is 0 Å². The summed E-state index contributed by atoms with van der Waals surface area (Å²) in [6.45, 7) is 2.32. The molecule has 0 spiro atoms. The minimum Gasteiger partial charge on any atom is -0.497 e. The molecule has 0 aliphatic carbocycles. The normalized spacial score (nSPS) is 15.9. The van der Waals surface area contributed by atoms with Gasteiger partial charge in [-0.3, -0.25) is 9.59 Å². The molecule has 7 nitrogen and oxygen atoms in total. The van der Waals surface area contributed by atoms with E-state index < -0.39 is 0 Å². The third-order valence-corrected chi connectivity index (χ3v) is 5.66. The van der Waals surface area contributed by atoms with Gasteiger partial charge in [-0.25, -0.2) is 0 Å². The molecule has 1 aliphatic heterocycles. The first-order valence-corrected chi connectivity index (χ1v) is 10.7. The van der Waals surface area contributed by atoms with Crippen LogP contribution in [0.2, 0.25) is 0 Å². The number of ether oxygens (including phenoxy) is 2. The summed E-state index contributed by atoms with van der Waals surface area (Å²) in [6, 6.07) is 16.3. The molecule has 7 heteroatoms. The fourth-order valence-corrected chi connectivity index (χ4v) is 3.94. The average Bonchev–Trinajstić information content (AvgIpc) is 3.31. The highest BCUT2D eigenvalue weighted by atomic mass is 16.5. The summed E-state index contributed by atoms with van der Waals surface area (Å²) < 4.78 is 16.4. The van der Waals surface area contributed by atoms with Crippen molar-refractivity contribution in [3.05, 3.63) is 77.2 Å². The number of amides is 1. The van der Waals surface area contributed by atoms with Gasteiger partial charge in [0.1, 0.15) is 18.1 Å². The van der Waals surface area contributed by atoms with E-state index in [0.29, 0.717) is 23.6 Å². The number of carbonyl (C=O) groups is 2. The molecule has 0 N–H and O–H groups in total. The summed E-state index contributed by atoms with van der Waals surface area (Å²) >= 11 is 0. The third-order valence-electron chi connectivity index (χ3n) is 5.66. The Hall–Kier alpha value is -3.61. The van der Waals surface area contributed by atoms with E-state index in [1.807, 2.05) is 29.2 Å². The highest BCUT2D eigenvalue weighted by molar-refractivity contribution is 5.94. The Bertz CT molecular complexity index is 1090. The van der Waals surface area contributed by atoms with E-state index in [0.717, 1.165) is 30.6 Å². The maximum absolute atomic E-state index is 13.2. The number of likely N-dealkylation sites (tertiary alicyclic amines) is 1. The molecule has 1 unspecified atom stereocenters. The Morgan fingerprint density at radius 2 is 1.91 bits per heavy atom. The Kier molecular flexibility index (Phi) is 6.54. The average molecular weight is 434 g/mol. The first-order valence-electron chi connectivity index (χ1n) is 10.7. The van der Waals surface area contributed by atoms with Crippen LogP contribution in [-0.4, -0.2) is 35.4 Å². The lowest BCUT2D eigenvalue weighted by molar-refractivity contribution is 0.0600. The zero-order valence-electron chi connectivity index (χ0n) is 18.2. The largest absolute Gasteiger partial charge is 0.497 e. The molecule has 2 heterocycles. The van der Waals surface area contributed by atoms with E-state index in [4.69, 9.17) is 14.0 Å². The van der Waals surface area contributed by atoms with Gasteiger partial charge in [-0.1, -0.05) is 17.3 Å². The Balaban J connectivity index is 1.44. The van der Waals surface area contributed by atoms with E-state index in [-0.39, 0.29) is 30.0 Å². The second-order valence-electron chi connectivity index (χ2n) is 7.83. The van der Waals surface area contributed by atoms with Crippen molar-refractivity contribution in [3.63, 3.8) is 0 Å². The molecule has 1 atom stereocenters. The minimum absolute atomic E-state index is 0.0000904. The number of aromatic nitrogens is 1. The summed E-state index contributed by atoms with van der Waals surface area (Å²) in [5, 5.41) is 3.99. The van der Waals surface area contributed by atoms with Crippen LogP contribution in [0.15, 0.2) is 59.1 Å². The van der Waals surface area contributed by atoms with Gasteiger partial charge >= 0.3 is 0 Å². The second-order valence-corrected chi connectivity index (χ2v) is 7.83. The molecular formula is C25H26N2O5. The molecular weight excluding hydrogens is 408 g/mol. The first kappa shape index (κ1) is 21.6. The van der Waals surface area contributed by atoms with E-state index in [9.17, 15) is 9.59 Å². The molecule has 2 aromatic carbocycles. The third kappa shape index (κ3) is 4.82. The van der Waals surface area contributed by atoms with E-state index in [1.165, 1.54) is 6.92 Å². The van der Waals surface area contributed by atoms with Crippen LogP contribution < -0.4 is 9.47 Å². The van der Waals surface area contributed by atoms with Crippen LogP contribution in [0, 0.1) is 0 Å². The van der Waals surface area contributed by atoms with Gasteiger partial charge in [0.25, 0.3) is 5.91 Å². The quantitative estimate of drug-likeness (QED) is 0.495. The van der Waals surface area contributed by atoms with Crippen molar-refractivity contribution < 1.29 is 23.6 Å². The summed E-state index contributed by atoms with van der Waals surface area (Å²) in [7, 11) is 1.64. The lowest BCUT2D eigenvalue weighted by Crippen LogP contribution is -2.38. The molecule has 1 saturated heterocycles. The van der Waals surface area contributed by atoms with Gasteiger partial charge in [0, 0.05) is 18.2 Å². The summed E-state index contributed by atoms with van der Waals surface area (Å²) in [5.41, 5.74) is 1.95. The van der Waals surface area contributed by atoms with Gasteiger partial charge < -0.3 is 18.9 Å². The number of Topliss-reactive ketones (excluding diaryl/α,β-unsaturated/α-hetero) is 1. The van der Waals surface area contributed by atoms with Gasteiger partial charge in [0.05, 0.1) is 13.2 Å². The zero-order valence-corrected chi connectivity index (χ0v) is 18.2. The molecule has 0 bridgehead atoms. The van der Waals surface area contributed by atoms with Crippen molar-refractivity contribution in [3.8, 4) is 11.5 Å². The van der Waals surface area contributed by atoms with Crippen LogP contribution in [0.1, 0.15) is 64.4 Å². The van der Waals surface area contributed by atoms with Crippen molar-refractivity contribution in [1.82, 2.24) is 10.1 Å². The van der Waals surface area contributed by atoms with Crippen LogP contribution in [0.4, 0.5) is 0 Å². The van der Waals surface area contributed by atoms with Crippen molar-refractivity contribution >= 4 is 11.7 Å². The number of piperidine rings is 1. The van der Waals surface area contributed by atoms with E-state index in [1.54, 1.807) is 37.4 Å². The predicted octanol–water partition coefficient (Wildman–Crippen LogP) is 4.83. The number of ketones is 1. The van der Waals surface area contributed by atoms with Crippen LogP contribution >= 0.6 is 0 Å². The molecule has 3 aromatic rings. The van der Waals surface area contributed by atoms with E-state index >= 15 is 0 Å². The fraction of sp³-hybridized carbons (Fsp3) is 0.320. The molecule has 0 radical (unpaired) electrons. The number of carbonyl (C=O) groups excluding carboxylic acids is 2. The second kappa shape index (κ2) is 9.68. The van der Waals surface area contributed by atoms with Crippen molar-refractivity contribution in [2.45, 2.75) is 38.8 Å². The zero-order chi connectivity index (χ0) is 22.5. The SMILES string of the molecule is COc1cccc(C2CCCCN2C(=O)c2cc(COc3ccc(C(C)=O)cc3)on2)c1. The van der Waals surface area contributed by atoms with E-state index in [2.05, 4.69) is 5.16 Å².